The van der Waals surface area contributed by atoms with E-state index >= 15 is 0 Å². The molecule has 0 saturated heterocycles. The maximum Gasteiger partial charge on any atom is 0.122 e. The summed E-state index contributed by atoms with van der Waals surface area (Å²) in [7, 11) is 1.69. The van der Waals surface area contributed by atoms with Gasteiger partial charge in [0.15, 0.2) is 0 Å². The molecule has 2 aromatic heterocycles. The Labute approximate surface area is 101 Å². The molecular weight excluding hydrogens is 214 g/mol. The van der Waals surface area contributed by atoms with Gasteiger partial charge in [-0.3, -0.25) is 0 Å². The molecule has 17 heavy (non-hydrogen) atoms. The zero-order chi connectivity index (χ0) is 11.8. The molecule has 90 valence electrons. The molecule has 2 aromatic rings. The third kappa shape index (κ3) is 1.71. The molecule has 1 atom stereocenters. The average Bonchev–Trinajstić information content (AvgIpc) is 2.74. The van der Waals surface area contributed by atoms with Crippen molar-refractivity contribution in [3.05, 3.63) is 35.7 Å². The lowest BCUT2D eigenvalue weighted by atomic mass is 9.88. The van der Waals surface area contributed by atoms with E-state index in [9.17, 15) is 5.11 Å². The van der Waals surface area contributed by atoms with Gasteiger partial charge in [-0.1, -0.05) is 0 Å². The van der Waals surface area contributed by atoms with Gasteiger partial charge in [0, 0.05) is 30.1 Å². The van der Waals surface area contributed by atoms with E-state index in [4.69, 9.17) is 4.74 Å². The largest absolute Gasteiger partial charge is 0.497 e. The number of hydrogen-bond donors (Lipinski definition) is 1. The third-order valence-electron chi connectivity index (χ3n) is 3.73. The summed E-state index contributed by atoms with van der Waals surface area (Å²) >= 11 is 0. The smallest absolute Gasteiger partial charge is 0.122 e. The monoisotopic (exact) mass is 231 g/mol. The summed E-state index contributed by atoms with van der Waals surface area (Å²) < 4.78 is 7.48. The predicted octanol–water partition coefficient (Wildman–Crippen LogP) is 2.05. The van der Waals surface area contributed by atoms with Gasteiger partial charge in [-0.05, 0) is 42.9 Å². The number of nitrogens with zero attached hydrogens (tertiary/aromatic N) is 1. The van der Waals surface area contributed by atoms with Crippen LogP contribution in [0, 0.1) is 5.92 Å². The molecule has 0 aromatic carbocycles. The van der Waals surface area contributed by atoms with Crippen molar-refractivity contribution in [1.29, 1.82) is 0 Å². The Bertz CT molecular complexity index is 544. The minimum Gasteiger partial charge on any atom is -0.497 e. The third-order valence-corrected chi connectivity index (χ3v) is 3.73. The number of ether oxygens (including phenoxy) is 1. The van der Waals surface area contributed by atoms with E-state index in [1.165, 1.54) is 16.8 Å². The molecule has 0 bridgehead atoms. The van der Waals surface area contributed by atoms with Crippen LogP contribution in [0.15, 0.2) is 24.4 Å². The number of aliphatic hydroxyl groups excluding tert-OH is 1. The summed E-state index contributed by atoms with van der Waals surface area (Å²) in [6, 6.07) is 6.28. The highest BCUT2D eigenvalue weighted by atomic mass is 16.5. The molecule has 0 radical (unpaired) electrons. The van der Waals surface area contributed by atoms with Crippen LogP contribution in [-0.2, 0) is 12.8 Å². The lowest BCUT2D eigenvalue weighted by Gasteiger charge is -2.20. The van der Waals surface area contributed by atoms with E-state index in [1.54, 1.807) is 7.11 Å². The Morgan fingerprint density at radius 1 is 1.47 bits per heavy atom. The maximum absolute atomic E-state index is 9.25. The number of aliphatic hydroxyl groups is 1. The van der Waals surface area contributed by atoms with Crippen LogP contribution < -0.4 is 4.74 Å². The molecule has 1 N–H and O–H groups in total. The van der Waals surface area contributed by atoms with Gasteiger partial charge in [0.1, 0.15) is 5.75 Å². The molecule has 1 aliphatic carbocycles. The summed E-state index contributed by atoms with van der Waals surface area (Å²) in [5.74, 6) is 1.33. The Morgan fingerprint density at radius 2 is 2.35 bits per heavy atom. The van der Waals surface area contributed by atoms with E-state index in [0.717, 1.165) is 25.0 Å². The van der Waals surface area contributed by atoms with Gasteiger partial charge in [0.2, 0.25) is 0 Å². The second kappa shape index (κ2) is 4.08. The fourth-order valence-electron chi connectivity index (χ4n) is 2.77. The Balaban J connectivity index is 2.08. The van der Waals surface area contributed by atoms with Crippen LogP contribution in [0.3, 0.4) is 0 Å². The van der Waals surface area contributed by atoms with Crippen LogP contribution in [0.5, 0.6) is 5.75 Å². The Hall–Kier alpha value is -1.48. The van der Waals surface area contributed by atoms with Gasteiger partial charge in [-0.25, -0.2) is 0 Å². The number of pyridine rings is 1. The van der Waals surface area contributed by atoms with Gasteiger partial charge in [0.05, 0.1) is 7.11 Å². The lowest BCUT2D eigenvalue weighted by molar-refractivity contribution is 0.213. The summed E-state index contributed by atoms with van der Waals surface area (Å²) in [4.78, 5) is 0. The van der Waals surface area contributed by atoms with Crippen LogP contribution in [0.2, 0.25) is 0 Å². The first-order valence-electron chi connectivity index (χ1n) is 6.09. The number of hydrogen-bond acceptors (Lipinski definition) is 2. The van der Waals surface area contributed by atoms with Crippen molar-refractivity contribution < 1.29 is 9.84 Å². The van der Waals surface area contributed by atoms with Crippen molar-refractivity contribution >= 4 is 5.52 Å². The minimum absolute atomic E-state index is 0.301. The Morgan fingerprint density at radius 3 is 3.12 bits per heavy atom. The zero-order valence-corrected chi connectivity index (χ0v) is 10.0. The fourth-order valence-corrected chi connectivity index (χ4v) is 2.77. The standard InChI is InChI=1S/C14H17NO2/c1-17-13-4-5-15-12(8-13)7-11-6-10(9-16)2-3-14(11)15/h4-5,7-8,10,16H,2-3,6,9H2,1H3. The van der Waals surface area contributed by atoms with Crippen LogP contribution >= 0.6 is 0 Å². The van der Waals surface area contributed by atoms with Crippen molar-refractivity contribution in [2.75, 3.05) is 13.7 Å². The van der Waals surface area contributed by atoms with Gasteiger partial charge >= 0.3 is 0 Å². The van der Waals surface area contributed by atoms with Crippen molar-refractivity contribution in [3.8, 4) is 5.75 Å². The highest BCUT2D eigenvalue weighted by molar-refractivity contribution is 5.57. The molecule has 1 unspecified atom stereocenters. The zero-order valence-electron chi connectivity index (χ0n) is 10.0. The Kier molecular flexibility index (Phi) is 2.56. The van der Waals surface area contributed by atoms with Crippen molar-refractivity contribution in [3.63, 3.8) is 0 Å². The first kappa shape index (κ1) is 10.7. The minimum atomic E-state index is 0.301. The summed E-state index contributed by atoms with van der Waals surface area (Å²) in [5, 5.41) is 9.25. The van der Waals surface area contributed by atoms with Gasteiger partial charge in [0.25, 0.3) is 0 Å². The highest BCUT2D eigenvalue weighted by Gasteiger charge is 2.21. The average molecular weight is 231 g/mol. The van der Waals surface area contributed by atoms with Crippen molar-refractivity contribution in [2.45, 2.75) is 19.3 Å². The van der Waals surface area contributed by atoms with E-state index in [0.29, 0.717) is 12.5 Å². The number of fused-ring (bicyclic) bond motifs is 3. The molecule has 2 heterocycles. The molecule has 0 fully saturated rings. The molecule has 3 rings (SSSR count). The van der Waals surface area contributed by atoms with Crippen LogP contribution in [0.1, 0.15) is 17.7 Å². The molecule has 0 aliphatic heterocycles. The van der Waals surface area contributed by atoms with Crippen LogP contribution in [-0.4, -0.2) is 23.2 Å². The maximum atomic E-state index is 9.25. The van der Waals surface area contributed by atoms with E-state index in [-0.39, 0.29) is 0 Å². The number of aromatic nitrogens is 1. The second-order valence-corrected chi connectivity index (χ2v) is 4.77. The number of rotatable bonds is 2. The summed E-state index contributed by atoms with van der Waals surface area (Å²) in [6.45, 7) is 0.301. The van der Waals surface area contributed by atoms with E-state index in [1.807, 2.05) is 6.07 Å². The molecule has 1 aliphatic rings. The summed E-state index contributed by atoms with van der Waals surface area (Å²) in [5.41, 5.74) is 3.96. The SMILES string of the molecule is COc1ccn2c3c(cc2c1)CC(CO)CC3. The molecule has 3 heteroatoms. The van der Waals surface area contributed by atoms with Gasteiger partial charge < -0.3 is 14.2 Å². The number of methoxy groups -OCH3 is 1. The first-order valence-corrected chi connectivity index (χ1v) is 6.09. The normalized spacial score (nSPS) is 19.3. The fraction of sp³-hybridized carbons (Fsp3) is 0.429. The quantitative estimate of drug-likeness (QED) is 0.858. The number of aryl methyl sites for hydroxylation is 1. The van der Waals surface area contributed by atoms with E-state index in [2.05, 4.69) is 22.7 Å². The predicted molar refractivity (Wildman–Crippen MR) is 66.5 cm³/mol. The van der Waals surface area contributed by atoms with Gasteiger partial charge in [-0.15, -0.1) is 0 Å². The second-order valence-electron chi connectivity index (χ2n) is 4.77. The first-order chi connectivity index (χ1) is 8.31. The highest BCUT2D eigenvalue weighted by Crippen LogP contribution is 2.29. The van der Waals surface area contributed by atoms with Crippen LogP contribution in [0.25, 0.3) is 5.52 Å². The van der Waals surface area contributed by atoms with Crippen molar-refractivity contribution in [1.82, 2.24) is 4.40 Å². The molecule has 0 spiro atoms. The van der Waals surface area contributed by atoms with Crippen molar-refractivity contribution in [2.24, 2.45) is 5.92 Å². The topological polar surface area (TPSA) is 33.9 Å². The molecular formula is C14H17NO2. The molecule has 0 saturated carbocycles. The van der Waals surface area contributed by atoms with Crippen LogP contribution in [0.4, 0.5) is 0 Å². The van der Waals surface area contributed by atoms with Gasteiger partial charge in [-0.2, -0.15) is 0 Å². The molecule has 3 nitrogen and oxygen atoms in total. The summed E-state index contributed by atoms with van der Waals surface area (Å²) in [6.07, 6.45) is 5.21. The lowest BCUT2D eigenvalue weighted by Crippen LogP contribution is -2.17. The molecule has 0 amide bonds. The van der Waals surface area contributed by atoms with E-state index < -0.39 is 0 Å².